The van der Waals surface area contributed by atoms with Crippen molar-refractivity contribution in [2.45, 2.75) is 30.4 Å². The van der Waals surface area contributed by atoms with Crippen LogP contribution in [-0.4, -0.2) is 44.8 Å². The van der Waals surface area contributed by atoms with E-state index in [1.165, 1.54) is 31.4 Å². The third-order valence-corrected chi connectivity index (χ3v) is 6.28. The highest BCUT2D eigenvalue weighted by Gasteiger charge is 2.28. The molecular weight excluding hydrogens is 438 g/mol. The van der Waals surface area contributed by atoms with Crippen molar-refractivity contribution < 1.29 is 31.9 Å². The Labute approximate surface area is 184 Å². The van der Waals surface area contributed by atoms with Gasteiger partial charge in [-0.05, 0) is 49.2 Å². The summed E-state index contributed by atoms with van der Waals surface area (Å²) in [5.74, 6) is 0.837. The van der Waals surface area contributed by atoms with E-state index in [0.717, 1.165) is 12.8 Å². The van der Waals surface area contributed by atoms with Gasteiger partial charge in [0.1, 0.15) is 11.5 Å². The number of nitrogens with zero attached hydrogens (tertiary/aromatic N) is 2. The molecule has 0 unspecified atom stereocenters. The highest BCUT2D eigenvalue weighted by atomic mass is 32.2. The maximum absolute atomic E-state index is 12.3. The Morgan fingerprint density at radius 3 is 2.53 bits per heavy atom. The van der Waals surface area contributed by atoms with Gasteiger partial charge in [-0.3, -0.25) is 0 Å². The number of aromatic nitrogens is 2. The zero-order valence-electron chi connectivity index (χ0n) is 17.4. The van der Waals surface area contributed by atoms with E-state index in [2.05, 4.69) is 14.9 Å². The lowest BCUT2D eigenvalue weighted by Crippen LogP contribution is -2.25. The minimum atomic E-state index is -3.58. The highest BCUT2D eigenvalue weighted by Crippen LogP contribution is 2.31. The van der Waals surface area contributed by atoms with Crippen LogP contribution in [0.25, 0.3) is 11.4 Å². The molecular formula is C21H21N3O7S. The van der Waals surface area contributed by atoms with Crippen LogP contribution in [-0.2, 0) is 21.4 Å². The van der Waals surface area contributed by atoms with Crippen LogP contribution in [0.3, 0.4) is 0 Å². The third-order valence-electron chi connectivity index (χ3n) is 4.74. The normalized spacial score (nSPS) is 13.6. The Hall–Kier alpha value is -3.44. The van der Waals surface area contributed by atoms with E-state index >= 15 is 0 Å². The van der Waals surface area contributed by atoms with Crippen LogP contribution >= 0.6 is 0 Å². The first-order valence-electron chi connectivity index (χ1n) is 9.74. The number of ether oxygens (including phenoxy) is 3. The number of benzene rings is 2. The minimum absolute atomic E-state index is 0.00169. The summed E-state index contributed by atoms with van der Waals surface area (Å²) in [7, 11) is -0.520. The second-order valence-electron chi connectivity index (χ2n) is 7.07. The fourth-order valence-electron chi connectivity index (χ4n) is 2.88. The molecule has 0 amide bonds. The third kappa shape index (κ3) is 4.89. The molecule has 3 aromatic rings. The van der Waals surface area contributed by atoms with Gasteiger partial charge >= 0.3 is 5.97 Å². The van der Waals surface area contributed by atoms with E-state index in [1.807, 2.05) is 0 Å². The van der Waals surface area contributed by atoms with E-state index in [-0.39, 0.29) is 34.8 Å². The fraction of sp³-hybridized carbons (Fsp3) is 0.286. The summed E-state index contributed by atoms with van der Waals surface area (Å²) < 4.78 is 47.9. The number of carbonyl (C=O) groups excluding carboxylic acids is 1. The van der Waals surface area contributed by atoms with Crippen LogP contribution in [0.5, 0.6) is 11.5 Å². The molecule has 1 aliphatic rings. The molecule has 168 valence electrons. The van der Waals surface area contributed by atoms with Gasteiger partial charge in [-0.15, -0.1) is 0 Å². The van der Waals surface area contributed by atoms with Crippen LogP contribution in [0.2, 0.25) is 0 Å². The van der Waals surface area contributed by atoms with Crippen LogP contribution in [0, 0.1) is 0 Å². The Bertz CT molecular complexity index is 1220. The summed E-state index contributed by atoms with van der Waals surface area (Å²) >= 11 is 0. The van der Waals surface area contributed by atoms with Crippen molar-refractivity contribution in [2.75, 3.05) is 14.2 Å². The Morgan fingerprint density at radius 1 is 1.12 bits per heavy atom. The van der Waals surface area contributed by atoms with Gasteiger partial charge < -0.3 is 18.7 Å². The smallest absolute Gasteiger partial charge is 0.338 e. The molecule has 0 spiro atoms. The molecule has 1 aliphatic carbocycles. The van der Waals surface area contributed by atoms with Gasteiger partial charge in [0.05, 0.1) is 30.2 Å². The van der Waals surface area contributed by atoms with E-state index in [9.17, 15) is 13.2 Å². The van der Waals surface area contributed by atoms with Crippen molar-refractivity contribution in [3.8, 4) is 22.9 Å². The van der Waals surface area contributed by atoms with Crippen molar-refractivity contribution in [2.24, 2.45) is 0 Å². The van der Waals surface area contributed by atoms with Crippen molar-refractivity contribution in [3.05, 3.63) is 53.9 Å². The van der Waals surface area contributed by atoms with Gasteiger partial charge in [-0.25, -0.2) is 17.9 Å². The summed E-state index contributed by atoms with van der Waals surface area (Å²) in [5, 5.41) is 3.90. The first-order chi connectivity index (χ1) is 15.4. The summed E-state index contributed by atoms with van der Waals surface area (Å²) in [6.07, 6.45) is 1.68. The molecule has 0 atom stereocenters. The predicted molar refractivity (Wildman–Crippen MR) is 112 cm³/mol. The molecule has 0 bridgehead atoms. The molecule has 1 aromatic heterocycles. The number of hydrogen-bond donors (Lipinski definition) is 1. The van der Waals surface area contributed by atoms with Gasteiger partial charge in [0.2, 0.25) is 15.8 Å². The average molecular weight is 459 g/mol. The lowest BCUT2D eigenvalue weighted by Gasteiger charge is -2.07. The van der Waals surface area contributed by atoms with Crippen molar-refractivity contribution in [3.63, 3.8) is 0 Å². The van der Waals surface area contributed by atoms with Crippen LogP contribution < -0.4 is 14.2 Å². The Kier molecular flexibility index (Phi) is 6.10. The van der Waals surface area contributed by atoms with Crippen molar-refractivity contribution >= 4 is 16.0 Å². The van der Waals surface area contributed by atoms with Gasteiger partial charge in [0.25, 0.3) is 5.89 Å². The number of esters is 1. The van der Waals surface area contributed by atoms with Crippen molar-refractivity contribution in [1.29, 1.82) is 0 Å². The molecule has 0 saturated heterocycles. The molecule has 0 aliphatic heterocycles. The number of hydrogen-bond acceptors (Lipinski definition) is 9. The van der Waals surface area contributed by atoms with Gasteiger partial charge in [0, 0.05) is 12.1 Å². The number of rotatable bonds is 9. The standard InChI is InChI=1S/C21H21N3O7S/c1-28-15-7-10-17(18(11-15)29-2)20-22-19(31-23-20)12-30-21(25)13-3-8-16(9-4-13)32(26,27)24-14-5-6-14/h3-4,7-11,14,24H,5-6,12H2,1-2H3. The lowest BCUT2D eigenvalue weighted by molar-refractivity contribution is 0.0429. The maximum Gasteiger partial charge on any atom is 0.338 e. The van der Waals surface area contributed by atoms with Gasteiger partial charge in [0.15, 0.2) is 6.61 Å². The SMILES string of the molecule is COc1ccc(-c2noc(COC(=O)c3ccc(S(=O)(=O)NC4CC4)cc3)n2)c(OC)c1. The number of nitrogens with one attached hydrogen (secondary N) is 1. The van der Waals surface area contributed by atoms with E-state index in [1.54, 1.807) is 25.3 Å². The molecule has 2 aromatic carbocycles. The number of sulfonamides is 1. The first-order valence-corrected chi connectivity index (χ1v) is 11.2. The maximum atomic E-state index is 12.3. The molecule has 32 heavy (non-hydrogen) atoms. The van der Waals surface area contributed by atoms with Crippen LogP contribution in [0.4, 0.5) is 0 Å². The molecule has 0 radical (unpaired) electrons. The molecule has 1 N–H and O–H groups in total. The van der Waals surface area contributed by atoms with Crippen LogP contribution in [0.15, 0.2) is 51.9 Å². The molecule has 10 nitrogen and oxygen atoms in total. The summed E-state index contributed by atoms with van der Waals surface area (Å²) in [4.78, 5) is 16.6. The quantitative estimate of drug-likeness (QED) is 0.480. The second kappa shape index (κ2) is 8.97. The number of carbonyl (C=O) groups is 1. The van der Waals surface area contributed by atoms with Crippen LogP contribution in [0.1, 0.15) is 29.1 Å². The summed E-state index contributed by atoms with van der Waals surface area (Å²) in [5.41, 5.74) is 0.790. The molecule has 1 saturated carbocycles. The number of methoxy groups -OCH3 is 2. The lowest BCUT2D eigenvalue weighted by atomic mass is 10.2. The van der Waals surface area contributed by atoms with Gasteiger partial charge in [-0.2, -0.15) is 4.98 Å². The zero-order chi connectivity index (χ0) is 22.7. The largest absolute Gasteiger partial charge is 0.497 e. The topological polar surface area (TPSA) is 130 Å². The Balaban J connectivity index is 1.39. The van der Waals surface area contributed by atoms with E-state index < -0.39 is 16.0 Å². The second-order valence-corrected chi connectivity index (χ2v) is 8.79. The molecule has 1 fully saturated rings. The molecule has 4 rings (SSSR count). The minimum Gasteiger partial charge on any atom is -0.497 e. The van der Waals surface area contributed by atoms with Gasteiger partial charge in [-0.1, -0.05) is 5.16 Å². The monoisotopic (exact) mass is 459 g/mol. The first kappa shape index (κ1) is 21.8. The molecule has 11 heteroatoms. The fourth-order valence-corrected chi connectivity index (χ4v) is 4.18. The summed E-state index contributed by atoms with van der Waals surface area (Å²) in [6, 6.07) is 10.7. The average Bonchev–Trinajstić information content (AvgIpc) is 3.49. The summed E-state index contributed by atoms with van der Waals surface area (Å²) in [6.45, 7) is -0.242. The Morgan fingerprint density at radius 2 is 1.88 bits per heavy atom. The van der Waals surface area contributed by atoms with E-state index in [4.69, 9.17) is 18.7 Å². The van der Waals surface area contributed by atoms with E-state index in [0.29, 0.717) is 17.1 Å². The molecule has 1 heterocycles. The zero-order valence-corrected chi connectivity index (χ0v) is 18.2. The highest BCUT2D eigenvalue weighted by molar-refractivity contribution is 7.89. The van der Waals surface area contributed by atoms with Crippen molar-refractivity contribution in [1.82, 2.24) is 14.9 Å². The predicted octanol–water partition coefficient (Wildman–Crippen LogP) is 2.55.